The molecule has 0 aliphatic rings. The fraction of sp³-hybridized carbons (Fsp3) is 0.190. The quantitative estimate of drug-likeness (QED) is 0.590. The number of nitrogens with one attached hydrogen (secondary N) is 2. The molecule has 0 saturated heterocycles. The number of hydrogen-bond donors (Lipinski definition) is 2. The SMILES string of the molecule is Cc1cc(Cl)ccc1Nc1ncc(C(=O)NCCCc2ccccc2)cn1. The molecular weight excluding hydrogens is 360 g/mol. The van der Waals surface area contributed by atoms with Gasteiger partial charge in [0.2, 0.25) is 5.95 Å². The second-order valence-corrected chi connectivity index (χ2v) is 6.66. The normalized spacial score (nSPS) is 10.4. The van der Waals surface area contributed by atoms with Crippen LogP contribution in [0.1, 0.15) is 27.9 Å². The summed E-state index contributed by atoms with van der Waals surface area (Å²) in [5.74, 6) is 0.262. The zero-order valence-corrected chi connectivity index (χ0v) is 15.8. The molecule has 2 N–H and O–H groups in total. The molecule has 1 heterocycles. The lowest BCUT2D eigenvalue weighted by molar-refractivity contribution is 0.0952. The molecule has 27 heavy (non-hydrogen) atoms. The van der Waals surface area contributed by atoms with Gasteiger partial charge in [0.1, 0.15) is 0 Å². The first-order valence-electron chi connectivity index (χ1n) is 8.79. The maximum atomic E-state index is 12.2. The summed E-state index contributed by atoms with van der Waals surface area (Å²) in [6, 6.07) is 15.7. The van der Waals surface area contributed by atoms with Crippen molar-refractivity contribution in [3.05, 3.63) is 82.6 Å². The van der Waals surface area contributed by atoms with E-state index >= 15 is 0 Å². The lowest BCUT2D eigenvalue weighted by Gasteiger charge is -2.09. The van der Waals surface area contributed by atoms with Gasteiger partial charge in [0.05, 0.1) is 5.56 Å². The second kappa shape index (κ2) is 9.14. The summed E-state index contributed by atoms with van der Waals surface area (Å²) in [6.07, 6.45) is 4.85. The minimum Gasteiger partial charge on any atom is -0.352 e. The molecule has 0 bridgehead atoms. The number of amides is 1. The van der Waals surface area contributed by atoms with Crippen molar-refractivity contribution in [3.63, 3.8) is 0 Å². The van der Waals surface area contributed by atoms with Crippen LogP contribution in [0.15, 0.2) is 60.9 Å². The first kappa shape index (κ1) is 18.9. The van der Waals surface area contributed by atoms with Crippen LogP contribution in [0.5, 0.6) is 0 Å². The molecule has 0 aliphatic carbocycles. The van der Waals surface area contributed by atoms with E-state index in [1.165, 1.54) is 18.0 Å². The van der Waals surface area contributed by atoms with Crippen molar-refractivity contribution in [1.29, 1.82) is 0 Å². The van der Waals surface area contributed by atoms with Crippen molar-refractivity contribution in [3.8, 4) is 0 Å². The highest BCUT2D eigenvalue weighted by molar-refractivity contribution is 6.30. The number of hydrogen-bond acceptors (Lipinski definition) is 4. The van der Waals surface area contributed by atoms with Crippen LogP contribution in [0, 0.1) is 6.92 Å². The number of anilines is 2. The predicted molar refractivity (Wildman–Crippen MR) is 109 cm³/mol. The average molecular weight is 381 g/mol. The topological polar surface area (TPSA) is 66.9 Å². The Morgan fingerprint density at radius 2 is 1.81 bits per heavy atom. The Morgan fingerprint density at radius 1 is 1.07 bits per heavy atom. The van der Waals surface area contributed by atoms with E-state index in [1.807, 2.05) is 37.3 Å². The van der Waals surface area contributed by atoms with Crippen molar-refractivity contribution >= 4 is 29.1 Å². The molecule has 2 aromatic carbocycles. The zero-order chi connectivity index (χ0) is 19.1. The van der Waals surface area contributed by atoms with E-state index in [9.17, 15) is 4.79 Å². The molecule has 0 saturated carbocycles. The number of carbonyl (C=O) groups excluding carboxylic acids is 1. The lowest BCUT2D eigenvalue weighted by Crippen LogP contribution is -2.25. The molecule has 1 amide bonds. The monoisotopic (exact) mass is 380 g/mol. The molecule has 3 rings (SSSR count). The molecule has 5 nitrogen and oxygen atoms in total. The fourth-order valence-corrected chi connectivity index (χ4v) is 2.87. The highest BCUT2D eigenvalue weighted by Crippen LogP contribution is 2.21. The van der Waals surface area contributed by atoms with Gasteiger partial charge in [-0.25, -0.2) is 9.97 Å². The van der Waals surface area contributed by atoms with E-state index in [0.717, 1.165) is 24.1 Å². The Bertz CT molecular complexity index is 898. The third-order valence-corrected chi connectivity index (χ3v) is 4.35. The van der Waals surface area contributed by atoms with Crippen molar-refractivity contribution in [1.82, 2.24) is 15.3 Å². The number of benzene rings is 2. The Morgan fingerprint density at radius 3 is 2.52 bits per heavy atom. The molecule has 3 aromatic rings. The van der Waals surface area contributed by atoms with Gasteiger partial charge in [-0.3, -0.25) is 4.79 Å². The molecule has 6 heteroatoms. The maximum Gasteiger partial charge on any atom is 0.254 e. The van der Waals surface area contributed by atoms with E-state index in [2.05, 4.69) is 32.7 Å². The molecule has 0 fully saturated rings. The smallest absolute Gasteiger partial charge is 0.254 e. The number of carbonyl (C=O) groups is 1. The molecule has 0 radical (unpaired) electrons. The number of rotatable bonds is 7. The van der Waals surface area contributed by atoms with Gasteiger partial charge < -0.3 is 10.6 Å². The predicted octanol–water partition coefficient (Wildman–Crippen LogP) is 4.54. The van der Waals surface area contributed by atoms with Gasteiger partial charge in [-0.15, -0.1) is 0 Å². The fourth-order valence-electron chi connectivity index (χ4n) is 2.64. The third kappa shape index (κ3) is 5.53. The van der Waals surface area contributed by atoms with Gasteiger partial charge >= 0.3 is 0 Å². The summed E-state index contributed by atoms with van der Waals surface area (Å²) < 4.78 is 0. The van der Waals surface area contributed by atoms with Crippen LogP contribution in [-0.2, 0) is 6.42 Å². The van der Waals surface area contributed by atoms with E-state index < -0.39 is 0 Å². The molecule has 0 aliphatic heterocycles. The van der Waals surface area contributed by atoms with Crippen LogP contribution < -0.4 is 10.6 Å². The largest absolute Gasteiger partial charge is 0.352 e. The lowest BCUT2D eigenvalue weighted by atomic mass is 10.1. The van der Waals surface area contributed by atoms with Gasteiger partial charge in [0, 0.05) is 29.6 Å². The summed E-state index contributed by atoms with van der Waals surface area (Å²) in [5, 5.41) is 6.70. The number of aryl methyl sites for hydroxylation is 2. The molecule has 0 spiro atoms. The van der Waals surface area contributed by atoms with Crippen molar-refractivity contribution in [2.75, 3.05) is 11.9 Å². The number of aromatic nitrogens is 2. The first-order valence-corrected chi connectivity index (χ1v) is 9.17. The second-order valence-electron chi connectivity index (χ2n) is 6.22. The van der Waals surface area contributed by atoms with Crippen molar-refractivity contribution < 1.29 is 4.79 Å². The first-order chi connectivity index (χ1) is 13.1. The van der Waals surface area contributed by atoms with E-state index in [-0.39, 0.29) is 5.91 Å². The van der Waals surface area contributed by atoms with Crippen LogP contribution in [0.3, 0.4) is 0 Å². The highest BCUT2D eigenvalue weighted by Gasteiger charge is 2.07. The van der Waals surface area contributed by atoms with Crippen LogP contribution in [0.2, 0.25) is 5.02 Å². The van der Waals surface area contributed by atoms with E-state index in [4.69, 9.17) is 11.6 Å². The van der Waals surface area contributed by atoms with Gasteiger partial charge in [0.25, 0.3) is 5.91 Å². The van der Waals surface area contributed by atoms with E-state index in [1.54, 1.807) is 6.07 Å². The summed E-state index contributed by atoms with van der Waals surface area (Å²) in [6.45, 7) is 2.56. The Kier molecular flexibility index (Phi) is 6.39. The van der Waals surface area contributed by atoms with Crippen LogP contribution in [0.4, 0.5) is 11.6 Å². The van der Waals surface area contributed by atoms with Gasteiger partial charge in [0.15, 0.2) is 0 Å². The summed E-state index contributed by atoms with van der Waals surface area (Å²) in [5.41, 5.74) is 3.57. The van der Waals surface area contributed by atoms with Crippen LogP contribution in [0.25, 0.3) is 0 Å². The van der Waals surface area contributed by atoms with Gasteiger partial charge in [-0.2, -0.15) is 0 Å². The molecule has 1 aromatic heterocycles. The van der Waals surface area contributed by atoms with Crippen LogP contribution in [-0.4, -0.2) is 22.4 Å². The Labute approximate surface area is 163 Å². The van der Waals surface area contributed by atoms with Crippen molar-refractivity contribution in [2.24, 2.45) is 0 Å². The summed E-state index contributed by atoms with van der Waals surface area (Å²) in [7, 11) is 0. The highest BCUT2D eigenvalue weighted by atomic mass is 35.5. The molecule has 138 valence electrons. The van der Waals surface area contributed by atoms with E-state index in [0.29, 0.717) is 23.1 Å². The maximum absolute atomic E-state index is 12.2. The third-order valence-electron chi connectivity index (χ3n) is 4.12. The standard InChI is InChI=1S/C21H21ClN4O/c1-15-12-18(22)9-10-19(15)26-21-24-13-17(14-25-21)20(27)23-11-5-8-16-6-3-2-4-7-16/h2-4,6-7,9-10,12-14H,5,8,11H2,1H3,(H,23,27)(H,24,25,26). The van der Waals surface area contributed by atoms with Gasteiger partial charge in [-0.05, 0) is 49.1 Å². The minimum absolute atomic E-state index is 0.169. The number of nitrogens with zero attached hydrogens (tertiary/aromatic N) is 2. The minimum atomic E-state index is -0.169. The molecule has 0 unspecified atom stereocenters. The van der Waals surface area contributed by atoms with Crippen molar-refractivity contribution in [2.45, 2.75) is 19.8 Å². The number of halogens is 1. The Balaban J connectivity index is 1.49. The Hall–Kier alpha value is -2.92. The summed E-state index contributed by atoms with van der Waals surface area (Å²) in [4.78, 5) is 20.6. The molecule has 0 atom stereocenters. The van der Waals surface area contributed by atoms with Crippen LogP contribution >= 0.6 is 11.6 Å². The summed E-state index contributed by atoms with van der Waals surface area (Å²) >= 11 is 5.96. The van der Waals surface area contributed by atoms with Gasteiger partial charge in [-0.1, -0.05) is 41.9 Å². The zero-order valence-electron chi connectivity index (χ0n) is 15.1. The average Bonchev–Trinajstić information content (AvgIpc) is 2.69. The molecular formula is C21H21ClN4O.